The lowest BCUT2D eigenvalue weighted by Gasteiger charge is -2.34. The molecule has 5 N–H and O–H groups in total. The van der Waals surface area contributed by atoms with Crippen LogP contribution in [0, 0.1) is 29.6 Å². The number of cyclic esters (lactones) is 1. The van der Waals surface area contributed by atoms with E-state index in [1.165, 1.54) is 26.4 Å². The SMILES string of the molecule is CC=CC(O)C(C)C=CC(=O)NC(C)C(O)C(C)C1OC(=O)C(OC)=CC(C)=CC(C)C(O)C(CC)C(O)C(C)CC(C)=CC=CC1OC. The van der Waals surface area contributed by atoms with Crippen LogP contribution < -0.4 is 5.32 Å². The smallest absolute Gasteiger partial charge is 0.373 e. The first kappa shape index (κ1) is 44.0. The van der Waals surface area contributed by atoms with Crippen molar-refractivity contribution < 1.29 is 44.2 Å². The van der Waals surface area contributed by atoms with Gasteiger partial charge in [0.2, 0.25) is 11.7 Å². The van der Waals surface area contributed by atoms with Crippen LogP contribution in [0.2, 0.25) is 0 Å². The Balaban J connectivity index is 3.51. The lowest BCUT2D eigenvalue weighted by atomic mass is 9.79. The lowest BCUT2D eigenvalue weighted by Crippen LogP contribution is -2.50. The monoisotopic (exact) mass is 689 g/mol. The van der Waals surface area contributed by atoms with Crippen molar-refractivity contribution in [2.45, 2.75) is 118 Å². The molecule has 0 saturated carbocycles. The third kappa shape index (κ3) is 14.0. The average molecular weight is 690 g/mol. The summed E-state index contributed by atoms with van der Waals surface area (Å²) in [4.78, 5) is 26.3. The predicted molar refractivity (Wildman–Crippen MR) is 193 cm³/mol. The predicted octanol–water partition coefficient (Wildman–Crippen LogP) is 4.95. The molecular formula is C39H63NO9. The van der Waals surface area contributed by atoms with Crippen LogP contribution in [0.3, 0.4) is 0 Å². The van der Waals surface area contributed by atoms with E-state index in [9.17, 15) is 30.0 Å². The second kappa shape index (κ2) is 21.9. The van der Waals surface area contributed by atoms with E-state index in [1.54, 1.807) is 65.0 Å². The van der Waals surface area contributed by atoms with E-state index in [0.29, 0.717) is 18.4 Å². The molecule has 0 radical (unpaired) electrons. The number of carbonyl (C=O) groups is 2. The molecule has 49 heavy (non-hydrogen) atoms. The molecule has 1 aliphatic rings. The van der Waals surface area contributed by atoms with Gasteiger partial charge in [-0.2, -0.15) is 0 Å². The van der Waals surface area contributed by atoms with Crippen LogP contribution in [0.1, 0.15) is 75.2 Å². The maximum absolute atomic E-state index is 13.6. The summed E-state index contributed by atoms with van der Waals surface area (Å²) < 4.78 is 17.2. The number of aliphatic hydroxyl groups is 4. The normalized spacial score (nSPS) is 29.8. The second-order valence-corrected chi connectivity index (χ2v) is 13.6. The molecule has 278 valence electrons. The van der Waals surface area contributed by atoms with Crippen LogP contribution in [0.15, 0.2) is 71.6 Å². The number of aliphatic hydroxyl groups excluding tert-OH is 4. The zero-order chi connectivity index (χ0) is 37.4. The summed E-state index contributed by atoms with van der Waals surface area (Å²) >= 11 is 0. The Bertz CT molecular complexity index is 1220. The number of esters is 1. The van der Waals surface area contributed by atoms with Gasteiger partial charge in [-0.1, -0.05) is 88.3 Å². The van der Waals surface area contributed by atoms with Gasteiger partial charge >= 0.3 is 5.97 Å². The molecule has 1 rings (SSSR count). The van der Waals surface area contributed by atoms with Gasteiger partial charge in [-0.3, -0.25) is 4.79 Å². The number of methoxy groups -OCH3 is 2. The summed E-state index contributed by atoms with van der Waals surface area (Å²) in [6.45, 7) is 16.5. The van der Waals surface area contributed by atoms with Crippen molar-refractivity contribution in [1.29, 1.82) is 0 Å². The standard InChI is InChI=1S/C39H63NO9/c1-12-15-31(41)25(5)18-19-34(42)40-29(9)37(45)28(8)38-32(47-10)17-14-16-23(3)20-26(6)35(43)30(13-2)36(44)27(7)21-24(4)22-33(48-11)39(46)49-38/h12,14-19,21-22,25-32,35-38,41,43-45H,13,20H2,1-11H3,(H,40,42). The number of amides is 1. The molecule has 10 heteroatoms. The first-order valence-electron chi connectivity index (χ1n) is 17.4. The van der Waals surface area contributed by atoms with E-state index < -0.39 is 60.5 Å². The van der Waals surface area contributed by atoms with Crippen LogP contribution in [0.5, 0.6) is 0 Å². The van der Waals surface area contributed by atoms with Crippen LogP contribution in [-0.4, -0.2) is 89.2 Å². The van der Waals surface area contributed by atoms with Crippen molar-refractivity contribution in [2.75, 3.05) is 14.2 Å². The molecule has 0 aromatic heterocycles. The Kier molecular flexibility index (Phi) is 19.7. The van der Waals surface area contributed by atoms with Crippen LogP contribution in [0.4, 0.5) is 0 Å². The van der Waals surface area contributed by atoms with Crippen LogP contribution in [0.25, 0.3) is 0 Å². The van der Waals surface area contributed by atoms with E-state index in [0.717, 1.165) is 5.57 Å². The minimum absolute atomic E-state index is 0.0840. The quantitative estimate of drug-likeness (QED) is 0.115. The van der Waals surface area contributed by atoms with E-state index in [1.807, 2.05) is 39.8 Å². The fourth-order valence-electron chi connectivity index (χ4n) is 6.20. The Morgan fingerprint density at radius 2 is 1.76 bits per heavy atom. The number of allylic oxidation sites excluding steroid dienone is 6. The Morgan fingerprint density at radius 3 is 2.33 bits per heavy atom. The highest BCUT2D eigenvalue weighted by molar-refractivity contribution is 5.88. The highest BCUT2D eigenvalue weighted by atomic mass is 16.6. The highest BCUT2D eigenvalue weighted by Crippen LogP contribution is 2.29. The summed E-state index contributed by atoms with van der Waals surface area (Å²) in [6.07, 6.45) is 11.0. The van der Waals surface area contributed by atoms with Crippen molar-refractivity contribution in [1.82, 2.24) is 5.32 Å². The lowest BCUT2D eigenvalue weighted by molar-refractivity contribution is -0.161. The van der Waals surface area contributed by atoms with Crippen LogP contribution >= 0.6 is 0 Å². The molecule has 1 amide bonds. The summed E-state index contributed by atoms with van der Waals surface area (Å²) in [5.41, 5.74) is 1.65. The van der Waals surface area contributed by atoms with E-state index >= 15 is 0 Å². The van der Waals surface area contributed by atoms with Gasteiger partial charge in [0, 0.05) is 30.8 Å². The van der Waals surface area contributed by atoms with Crippen molar-refractivity contribution in [3.63, 3.8) is 0 Å². The number of carbonyl (C=O) groups excluding carboxylic acids is 2. The van der Waals surface area contributed by atoms with Gasteiger partial charge in [0.15, 0.2) is 0 Å². The number of hydrogen-bond donors (Lipinski definition) is 5. The Hall–Kier alpha value is -3.02. The van der Waals surface area contributed by atoms with E-state index in [-0.39, 0.29) is 29.4 Å². The number of rotatable bonds is 11. The summed E-state index contributed by atoms with van der Waals surface area (Å²) in [5.74, 6) is -3.12. The topological polar surface area (TPSA) is 155 Å². The minimum Gasteiger partial charge on any atom is -0.490 e. The van der Waals surface area contributed by atoms with Crippen molar-refractivity contribution in [2.24, 2.45) is 29.6 Å². The Labute approximate surface area is 294 Å². The van der Waals surface area contributed by atoms with Crippen molar-refractivity contribution in [3.05, 3.63) is 71.6 Å². The molecule has 10 nitrogen and oxygen atoms in total. The third-order valence-corrected chi connectivity index (χ3v) is 9.36. The fraction of sp³-hybridized carbons (Fsp3) is 0.641. The molecule has 0 bridgehead atoms. The Morgan fingerprint density at radius 1 is 1.10 bits per heavy atom. The molecule has 1 heterocycles. The van der Waals surface area contributed by atoms with Crippen molar-refractivity contribution >= 4 is 11.9 Å². The molecule has 0 aliphatic carbocycles. The molecule has 12 atom stereocenters. The largest absolute Gasteiger partial charge is 0.490 e. The van der Waals surface area contributed by atoms with Gasteiger partial charge < -0.3 is 40.0 Å². The second-order valence-electron chi connectivity index (χ2n) is 13.6. The maximum Gasteiger partial charge on any atom is 0.373 e. The number of nitrogens with one attached hydrogen (secondary N) is 1. The molecule has 1 aliphatic heterocycles. The summed E-state index contributed by atoms with van der Waals surface area (Å²) in [7, 11) is 2.83. The van der Waals surface area contributed by atoms with Gasteiger partial charge in [0.25, 0.3) is 0 Å². The van der Waals surface area contributed by atoms with Crippen LogP contribution in [-0.2, 0) is 23.8 Å². The summed E-state index contributed by atoms with van der Waals surface area (Å²) in [6, 6.07) is -0.742. The van der Waals surface area contributed by atoms with E-state index in [4.69, 9.17) is 14.2 Å². The maximum atomic E-state index is 13.6. The molecule has 0 spiro atoms. The zero-order valence-electron chi connectivity index (χ0n) is 31.4. The van der Waals surface area contributed by atoms with Gasteiger partial charge in [-0.05, 0) is 58.6 Å². The summed E-state index contributed by atoms with van der Waals surface area (Å²) in [5, 5.41) is 46.7. The molecule has 12 unspecified atom stereocenters. The first-order chi connectivity index (χ1) is 23.0. The molecular weight excluding hydrogens is 626 g/mol. The fourth-order valence-corrected chi connectivity index (χ4v) is 6.20. The number of hydrogen-bond acceptors (Lipinski definition) is 9. The van der Waals surface area contributed by atoms with Gasteiger partial charge in [0.05, 0.1) is 37.6 Å². The molecule has 0 fully saturated rings. The van der Waals surface area contributed by atoms with Gasteiger partial charge in [-0.25, -0.2) is 4.79 Å². The average Bonchev–Trinajstić information content (AvgIpc) is 3.05. The third-order valence-electron chi connectivity index (χ3n) is 9.36. The van der Waals surface area contributed by atoms with Gasteiger partial charge in [-0.15, -0.1) is 0 Å². The first-order valence-corrected chi connectivity index (χ1v) is 17.4. The van der Waals surface area contributed by atoms with Gasteiger partial charge in [0.1, 0.15) is 12.2 Å². The molecule has 0 saturated heterocycles. The van der Waals surface area contributed by atoms with E-state index in [2.05, 4.69) is 5.32 Å². The minimum atomic E-state index is -1.16. The molecule has 0 aromatic rings. The highest BCUT2D eigenvalue weighted by Gasteiger charge is 2.37. The van der Waals surface area contributed by atoms with Crippen molar-refractivity contribution in [3.8, 4) is 0 Å². The number of ether oxygens (including phenoxy) is 3. The molecule has 0 aromatic carbocycles. The zero-order valence-corrected chi connectivity index (χ0v) is 31.4.